The summed E-state index contributed by atoms with van der Waals surface area (Å²) in [5.74, 6) is 2.31. The molecule has 0 aliphatic carbocycles. The van der Waals surface area contributed by atoms with E-state index in [0.717, 1.165) is 17.1 Å². The van der Waals surface area contributed by atoms with Gasteiger partial charge in [-0.15, -0.1) is 0 Å². The van der Waals surface area contributed by atoms with Crippen LogP contribution in [-0.2, 0) is 6.54 Å². The number of hydrogen-bond acceptors (Lipinski definition) is 4. The normalized spacial score (nSPS) is 10.9. The molecule has 2 rings (SSSR count). The van der Waals surface area contributed by atoms with E-state index in [1.165, 1.54) is 0 Å². The van der Waals surface area contributed by atoms with Gasteiger partial charge in [-0.25, -0.2) is 4.98 Å². The number of hydrogen-bond donors (Lipinski definition) is 1. The molecule has 0 atom stereocenters. The van der Waals surface area contributed by atoms with Gasteiger partial charge in [0.1, 0.15) is 5.75 Å². The van der Waals surface area contributed by atoms with Gasteiger partial charge in [0, 0.05) is 11.6 Å². The highest BCUT2D eigenvalue weighted by Gasteiger charge is 2.06. The van der Waals surface area contributed by atoms with Gasteiger partial charge >= 0.3 is 0 Å². The van der Waals surface area contributed by atoms with Crippen LogP contribution in [0.4, 0.5) is 0 Å². The summed E-state index contributed by atoms with van der Waals surface area (Å²) in [6, 6.07) is 8.15. The fraction of sp³-hybridized carbons (Fsp3) is 0.357. The zero-order chi connectivity index (χ0) is 13.0. The number of methoxy groups -OCH3 is 1. The van der Waals surface area contributed by atoms with Crippen LogP contribution in [0.15, 0.2) is 34.9 Å². The monoisotopic (exact) mass is 246 g/mol. The van der Waals surface area contributed by atoms with Crippen molar-refractivity contribution in [2.24, 2.45) is 0 Å². The third-order valence-electron chi connectivity index (χ3n) is 2.59. The summed E-state index contributed by atoms with van der Waals surface area (Å²) in [4.78, 5) is 4.25. The number of nitrogens with one attached hydrogen (secondary N) is 1. The van der Waals surface area contributed by atoms with Crippen LogP contribution in [0.3, 0.4) is 0 Å². The summed E-state index contributed by atoms with van der Waals surface area (Å²) < 4.78 is 10.8. The number of benzene rings is 1. The van der Waals surface area contributed by atoms with Crippen LogP contribution >= 0.6 is 0 Å². The third-order valence-corrected chi connectivity index (χ3v) is 2.59. The second kappa shape index (κ2) is 5.69. The van der Waals surface area contributed by atoms with E-state index in [1.807, 2.05) is 24.3 Å². The van der Waals surface area contributed by atoms with E-state index in [0.29, 0.717) is 18.5 Å². The van der Waals surface area contributed by atoms with Crippen LogP contribution in [-0.4, -0.2) is 18.1 Å². The van der Waals surface area contributed by atoms with E-state index in [2.05, 4.69) is 24.1 Å². The largest absolute Gasteiger partial charge is 0.497 e. The second-order valence-electron chi connectivity index (χ2n) is 4.38. The van der Waals surface area contributed by atoms with Crippen molar-refractivity contribution in [1.29, 1.82) is 0 Å². The van der Waals surface area contributed by atoms with E-state index in [4.69, 9.17) is 9.15 Å². The lowest BCUT2D eigenvalue weighted by Gasteiger charge is -2.04. The van der Waals surface area contributed by atoms with Crippen molar-refractivity contribution in [1.82, 2.24) is 10.3 Å². The summed E-state index contributed by atoms with van der Waals surface area (Å²) in [6.07, 6.45) is 1.75. The van der Waals surface area contributed by atoms with Crippen molar-refractivity contribution >= 4 is 0 Å². The highest BCUT2D eigenvalue weighted by Crippen LogP contribution is 2.22. The van der Waals surface area contributed by atoms with Gasteiger partial charge in [-0.3, -0.25) is 0 Å². The molecule has 0 amide bonds. The Morgan fingerprint density at radius 1 is 1.28 bits per heavy atom. The molecule has 96 valence electrons. The Balaban J connectivity index is 2.08. The first kappa shape index (κ1) is 12.6. The topological polar surface area (TPSA) is 47.3 Å². The lowest BCUT2D eigenvalue weighted by molar-refractivity contribution is 0.414. The number of ether oxygens (including phenoxy) is 1. The maximum atomic E-state index is 5.68. The molecule has 18 heavy (non-hydrogen) atoms. The third kappa shape index (κ3) is 3.11. The van der Waals surface area contributed by atoms with Gasteiger partial charge in [0.2, 0.25) is 5.89 Å². The van der Waals surface area contributed by atoms with Crippen molar-refractivity contribution in [2.45, 2.75) is 26.4 Å². The number of oxazole rings is 1. The molecule has 4 nitrogen and oxygen atoms in total. The van der Waals surface area contributed by atoms with E-state index < -0.39 is 0 Å². The van der Waals surface area contributed by atoms with Gasteiger partial charge in [0.15, 0.2) is 5.76 Å². The van der Waals surface area contributed by atoms with Gasteiger partial charge in [-0.05, 0) is 24.3 Å². The Kier molecular flexibility index (Phi) is 3.99. The Labute approximate surface area is 107 Å². The highest BCUT2D eigenvalue weighted by atomic mass is 16.5. The van der Waals surface area contributed by atoms with Gasteiger partial charge < -0.3 is 14.5 Å². The molecule has 0 unspecified atom stereocenters. The highest BCUT2D eigenvalue weighted by molar-refractivity contribution is 5.57. The van der Waals surface area contributed by atoms with E-state index in [-0.39, 0.29) is 0 Å². The van der Waals surface area contributed by atoms with Crippen LogP contribution < -0.4 is 10.1 Å². The fourth-order valence-electron chi connectivity index (χ4n) is 1.57. The average Bonchev–Trinajstić information content (AvgIpc) is 2.85. The zero-order valence-corrected chi connectivity index (χ0v) is 10.9. The smallest absolute Gasteiger partial charge is 0.208 e. The molecule has 1 N–H and O–H groups in total. The molecular weight excluding hydrogens is 228 g/mol. The lowest BCUT2D eigenvalue weighted by Crippen LogP contribution is -2.21. The van der Waals surface area contributed by atoms with Crippen LogP contribution in [0.5, 0.6) is 5.75 Å². The number of aromatic nitrogens is 1. The summed E-state index contributed by atoms with van der Waals surface area (Å²) in [7, 11) is 1.65. The van der Waals surface area contributed by atoms with Crippen molar-refractivity contribution in [3.8, 4) is 17.1 Å². The molecule has 0 saturated carbocycles. The molecule has 0 aliphatic heterocycles. The van der Waals surface area contributed by atoms with Crippen LogP contribution in [0.2, 0.25) is 0 Å². The Hall–Kier alpha value is -1.81. The van der Waals surface area contributed by atoms with Gasteiger partial charge in [0.25, 0.3) is 0 Å². The molecule has 0 saturated heterocycles. The summed E-state index contributed by atoms with van der Waals surface area (Å²) in [5, 5.41) is 3.27. The fourth-order valence-corrected chi connectivity index (χ4v) is 1.57. The minimum atomic E-state index is 0.418. The van der Waals surface area contributed by atoms with Crippen LogP contribution in [0.1, 0.15) is 19.7 Å². The molecule has 0 spiro atoms. The quantitative estimate of drug-likeness (QED) is 0.881. The summed E-state index contributed by atoms with van der Waals surface area (Å²) >= 11 is 0. The van der Waals surface area contributed by atoms with Crippen LogP contribution in [0.25, 0.3) is 11.3 Å². The standard InChI is InChI=1S/C14H18N2O2/c1-10(2)15-9-14-16-8-13(18-14)11-4-6-12(17-3)7-5-11/h4-8,10,15H,9H2,1-3H3. The van der Waals surface area contributed by atoms with Crippen molar-refractivity contribution in [2.75, 3.05) is 7.11 Å². The predicted molar refractivity (Wildman–Crippen MR) is 70.5 cm³/mol. The lowest BCUT2D eigenvalue weighted by atomic mass is 10.2. The maximum Gasteiger partial charge on any atom is 0.208 e. The molecule has 1 aromatic carbocycles. The molecule has 0 bridgehead atoms. The molecular formula is C14H18N2O2. The number of rotatable bonds is 5. The first-order valence-corrected chi connectivity index (χ1v) is 6.01. The number of nitrogens with zero attached hydrogens (tertiary/aromatic N) is 1. The second-order valence-corrected chi connectivity index (χ2v) is 4.38. The average molecular weight is 246 g/mol. The molecule has 4 heteroatoms. The van der Waals surface area contributed by atoms with Gasteiger partial charge in [0.05, 0.1) is 19.9 Å². The molecule has 0 radical (unpaired) electrons. The first-order chi connectivity index (χ1) is 8.69. The van der Waals surface area contributed by atoms with Crippen molar-refractivity contribution < 1.29 is 9.15 Å². The minimum absolute atomic E-state index is 0.418. The minimum Gasteiger partial charge on any atom is -0.497 e. The molecule has 0 aliphatic rings. The Morgan fingerprint density at radius 2 is 2.00 bits per heavy atom. The van der Waals surface area contributed by atoms with Crippen molar-refractivity contribution in [3.05, 3.63) is 36.4 Å². The molecule has 1 heterocycles. The maximum absolute atomic E-state index is 5.68. The summed E-state index contributed by atoms with van der Waals surface area (Å²) in [6.45, 7) is 4.83. The Bertz CT molecular complexity index is 489. The van der Waals surface area contributed by atoms with E-state index in [9.17, 15) is 0 Å². The predicted octanol–water partition coefficient (Wildman–Crippen LogP) is 2.85. The summed E-state index contributed by atoms with van der Waals surface area (Å²) in [5.41, 5.74) is 0.999. The van der Waals surface area contributed by atoms with Gasteiger partial charge in [-0.1, -0.05) is 13.8 Å². The first-order valence-electron chi connectivity index (χ1n) is 6.01. The van der Waals surface area contributed by atoms with Crippen LogP contribution in [0, 0.1) is 0 Å². The molecule has 1 aromatic heterocycles. The van der Waals surface area contributed by atoms with Gasteiger partial charge in [-0.2, -0.15) is 0 Å². The van der Waals surface area contributed by atoms with E-state index in [1.54, 1.807) is 13.3 Å². The molecule has 0 fully saturated rings. The van der Waals surface area contributed by atoms with E-state index >= 15 is 0 Å². The molecule has 2 aromatic rings. The van der Waals surface area contributed by atoms with Crippen molar-refractivity contribution in [3.63, 3.8) is 0 Å². The SMILES string of the molecule is COc1ccc(-c2cnc(CNC(C)C)o2)cc1. The Morgan fingerprint density at radius 3 is 2.61 bits per heavy atom. The zero-order valence-electron chi connectivity index (χ0n) is 10.9.